The van der Waals surface area contributed by atoms with Crippen LogP contribution in [0.4, 0.5) is 0 Å². The van der Waals surface area contributed by atoms with Crippen molar-refractivity contribution in [3.63, 3.8) is 0 Å². The number of Topliss-reactive ketones (excluding diaryl/α,β-unsaturated/α-hetero) is 1. The second kappa shape index (κ2) is 16.7. The molecule has 0 spiro atoms. The van der Waals surface area contributed by atoms with Gasteiger partial charge in [-0.2, -0.15) is 11.8 Å². The minimum absolute atomic E-state index is 0.00692. The second-order valence-corrected chi connectivity index (χ2v) is 7.02. The number of aliphatic carboxylic acids is 1. The molecule has 0 unspecified atom stereocenters. The lowest BCUT2D eigenvalue weighted by Crippen LogP contribution is -2.44. The van der Waals surface area contributed by atoms with Gasteiger partial charge in [0, 0.05) is 18.7 Å². The van der Waals surface area contributed by atoms with Crippen LogP contribution in [0.25, 0.3) is 0 Å². The molecule has 0 rings (SSSR count). The maximum Gasteiger partial charge on any atom is 0.329 e. The van der Waals surface area contributed by atoms with Gasteiger partial charge in [0.1, 0.15) is 18.7 Å². The topological polar surface area (TPSA) is 226 Å². The molecular weight excluding hydrogens is 456 g/mol. The summed E-state index contributed by atoms with van der Waals surface area (Å²) >= 11 is 0.909. The van der Waals surface area contributed by atoms with Crippen molar-refractivity contribution in [3.8, 4) is 0 Å². The third kappa shape index (κ3) is 14.1. The number of hydrogen-bond acceptors (Lipinski definition) is 12. The van der Waals surface area contributed by atoms with Crippen molar-refractivity contribution in [2.75, 3.05) is 45.0 Å². The zero-order valence-electron chi connectivity index (χ0n) is 17.3. The molecule has 5 N–H and O–H groups in total. The van der Waals surface area contributed by atoms with E-state index in [0.29, 0.717) is 0 Å². The predicted octanol–water partition coefficient (Wildman–Crippen LogP) is -2.52. The average molecular weight is 482 g/mol. The molecule has 0 aromatic rings. The van der Waals surface area contributed by atoms with Gasteiger partial charge < -0.3 is 35.8 Å². The van der Waals surface area contributed by atoms with Crippen molar-refractivity contribution < 1.29 is 48.5 Å². The van der Waals surface area contributed by atoms with Crippen molar-refractivity contribution in [2.45, 2.75) is 24.9 Å². The highest BCUT2D eigenvalue weighted by atomic mass is 32.2. The Morgan fingerprint density at radius 2 is 1.88 bits per heavy atom. The SMILES string of the molecule is COC(=O)[C@H](CSCC(=O)C(=O)NCCOCCO[N+](=O)[O-])NC(=O)CC[C@H](N)C(=O)O. The fourth-order valence-corrected chi connectivity index (χ4v) is 2.82. The number of esters is 1. The van der Waals surface area contributed by atoms with Crippen LogP contribution in [0.15, 0.2) is 0 Å². The van der Waals surface area contributed by atoms with E-state index in [0.717, 1.165) is 18.9 Å². The molecule has 2 amide bonds. The summed E-state index contributed by atoms with van der Waals surface area (Å²) in [6, 6.07) is -2.33. The molecule has 15 nitrogen and oxygen atoms in total. The number of rotatable bonds is 18. The van der Waals surface area contributed by atoms with Crippen LogP contribution in [0, 0.1) is 10.1 Å². The quantitative estimate of drug-likeness (QED) is 0.0520. The molecule has 0 saturated heterocycles. The highest BCUT2D eigenvalue weighted by molar-refractivity contribution is 8.00. The maximum atomic E-state index is 11.9. The summed E-state index contributed by atoms with van der Waals surface area (Å²) in [4.78, 5) is 71.8. The number of carbonyl (C=O) groups is 5. The second-order valence-electron chi connectivity index (χ2n) is 5.99. The number of carboxylic acids is 1. The van der Waals surface area contributed by atoms with E-state index in [9.17, 15) is 34.1 Å². The van der Waals surface area contributed by atoms with E-state index >= 15 is 0 Å². The number of amides is 2. The molecule has 0 aliphatic heterocycles. The molecule has 16 heteroatoms. The fraction of sp³-hybridized carbons (Fsp3) is 0.688. The maximum absolute atomic E-state index is 11.9. The summed E-state index contributed by atoms with van der Waals surface area (Å²) in [7, 11) is 1.11. The van der Waals surface area contributed by atoms with Gasteiger partial charge >= 0.3 is 11.9 Å². The van der Waals surface area contributed by atoms with Crippen LogP contribution >= 0.6 is 11.8 Å². The monoisotopic (exact) mass is 482 g/mol. The van der Waals surface area contributed by atoms with Crippen molar-refractivity contribution in [3.05, 3.63) is 10.1 Å². The Morgan fingerprint density at radius 3 is 2.47 bits per heavy atom. The van der Waals surface area contributed by atoms with Crippen LogP contribution in [-0.2, 0) is 38.3 Å². The highest BCUT2D eigenvalue weighted by Crippen LogP contribution is 2.06. The van der Waals surface area contributed by atoms with Gasteiger partial charge in [0.15, 0.2) is 0 Å². The van der Waals surface area contributed by atoms with Gasteiger partial charge in [-0.3, -0.25) is 19.2 Å². The third-order valence-corrected chi connectivity index (χ3v) is 4.58. The highest BCUT2D eigenvalue weighted by Gasteiger charge is 2.23. The molecule has 0 aromatic heterocycles. The van der Waals surface area contributed by atoms with E-state index in [1.165, 1.54) is 0 Å². The molecule has 0 aliphatic carbocycles. The third-order valence-electron chi connectivity index (χ3n) is 3.55. The first-order chi connectivity index (χ1) is 15.1. The van der Waals surface area contributed by atoms with Gasteiger partial charge in [0.2, 0.25) is 11.7 Å². The molecule has 2 atom stereocenters. The van der Waals surface area contributed by atoms with Gasteiger partial charge in [0.05, 0.1) is 26.1 Å². The van der Waals surface area contributed by atoms with Crippen LogP contribution in [0.1, 0.15) is 12.8 Å². The van der Waals surface area contributed by atoms with Gasteiger partial charge in [-0.05, 0) is 6.42 Å². The summed E-state index contributed by atoms with van der Waals surface area (Å²) in [5, 5.41) is 22.3. The lowest BCUT2D eigenvalue weighted by atomic mass is 10.1. The minimum atomic E-state index is -1.26. The number of methoxy groups -OCH3 is 1. The number of hydrogen-bond donors (Lipinski definition) is 4. The van der Waals surface area contributed by atoms with E-state index < -0.39 is 46.7 Å². The summed E-state index contributed by atoms with van der Waals surface area (Å²) in [5.74, 6) is -4.67. The summed E-state index contributed by atoms with van der Waals surface area (Å²) in [6.45, 7) is -0.327. The van der Waals surface area contributed by atoms with Crippen LogP contribution in [0.2, 0.25) is 0 Å². The Hall–Kier alpha value is -2.98. The number of nitrogens with one attached hydrogen (secondary N) is 2. The molecule has 0 aromatic carbocycles. The first-order valence-corrected chi connectivity index (χ1v) is 10.3. The first kappa shape index (κ1) is 29.0. The molecule has 0 heterocycles. The van der Waals surface area contributed by atoms with Crippen LogP contribution in [-0.4, -0.2) is 96.8 Å². The Kier molecular flexibility index (Phi) is 15.1. The summed E-state index contributed by atoms with van der Waals surface area (Å²) in [5.41, 5.74) is 5.31. The van der Waals surface area contributed by atoms with Crippen LogP contribution < -0.4 is 16.4 Å². The number of ether oxygens (including phenoxy) is 2. The normalized spacial score (nSPS) is 12.2. The smallest absolute Gasteiger partial charge is 0.329 e. The van der Waals surface area contributed by atoms with Gasteiger partial charge in [0.25, 0.3) is 11.0 Å². The summed E-state index contributed by atoms with van der Waals surface area (Å²) in [6.07, 6.45) is -0.361. The lowest BCUT2D eigenvalue weighted by Gasteiger charge is -2.16. The Balaban J connectivity index is 4.23. The van der Waals surface area contributed by atoms with Crippen molar-refractivity contribution in [1.29, 1.82) is 0 Å². The van der Waals surface area contributed by atoms with Gasteiger partial charge in [-0.15, -0.1) is 10.1 Å². The van der Waals surface area contributed by atoms with E-state index in [1.807, 2.05) is 0 Å². The van der Waals surface area contributed by atoms with E-state index in [-0.39, 0.29) is 50.7 Å². The van der Waals surface area contributed by atoms with Crippen LogP contribution in [0.5, 0.6) is 0 Å². The molecular formula is C16H26N4O11S. The number of carbonyl (C=O) groups excluding carboxylic acids is 4. The number of nitrogens with two attached hydrogens (primary N) is 1. The zero-order chi connectivity index (χ0) is 24.5. The molecule has 0 aliphatic rings. The van der Waals surface area contributed by atoms with Gasteiger partial charge in [-0.25, -0.2) is 4.79 Å². The molecule has 0 saturated carbocycles. The summed E-state index contributed by atoms with van der Waals surface area (Å²) < 4.78 is 9.54. The van der Waals surface area contributed by atoms with Crippen molar-refractivity contribution in [1.82, 2.24) is 10.6 Å². The molecule has 0 bridgehead atoms. The fourth-order valence-electron chi connectivity index (χ4n) is 1.93. The Labute approximate surface area is 186 Å². The van der Waals surface area contributed by atoms with Crippen LogP contribution in [0.3, 0.4) is 0 Å². The van der Waals surface area contributed by atoms with Crippen molar-refractivity contribution in [2.24, 2.45) is 5.73 Å². The largest absolute Gasteiger partial charge is 0.480 e. The Morgan fingerprint density at radius 1 is 1.19 bits per heavy atom. The molecule has 0 radical (unpaired) electrons. The molecule has 32 heavy (non-hydrogen) atoms. The standard InChI is InChI=1S/C16H26N4O11S/c1-29-16(26)11(19-13(22)3-2-10(17)15(24)25)8-32-9-12(21)14(23)18-4-5-30-6-7-31-20(27)28/h10-11H,2-9,17H2,1H3,(H,18,23)(H,19,22)(H,24,25)/t10-,11-/m0/s1. The van der Waals surface area contributed by atoms with E-state index in [2.05, 4.69) is 20.2 Å². The number of carboxylic acid groups (broad SMARTS) is 1. The first-order valence-electron chi connectivity index (χ1n) is 9.17. The lowest BCUT2D eigenvalue weighted by molar-refractivity contribution is -0.758. The predicted molar refractivity (Wildman–Crippen MR) is 108 cm³/mol. The van der Waals surface area contributed by atoms with Gasteiger partial charge in [-0.1, -0.05) is 0 Å². The molecule has 0 fully saturated rings. The van der Waals surface area contributed by atoms with E-state index in [4.69, 9.17) is 15.6 Å². The van der Waals surface area contributed by atoms with E-state index in [1.54, 1.807) is 0 Å². The number of ketones is 1. The molecule has 182 valence electrons. The number of thioether (sulfide) groups is 1. The average Bonchev–Trinajstić information content (AvgIpc) is 2.74. The zero-order valence-corrected chi connectivity index (χ0v) is 18.1. The van der Waals surface area contributed by atoms with Crippen molar-refractivity contribution >= 4 is 41.3 Å². The number of nitrogens with zero attached hydrogens (tertiary/aromatic N) is 1. The minimum Gasteiger partial charge on any atom is -0.480 e. The Bertz CT molecular complexity index is 676.